The number of rotatable bonds is 7. The Morgan fingerprint density at radius 3 is 2.29 bits per heavy atom. The van der Waals surface area contributed by atoms with Crippen molar-refractivity contribution in [1.82, 2.24) is 4.98 Å². The minimum Gasteiger partial charge on any atom is -0.486 e. The lowest BCUT2D eigenvalue weighted by Gasteiger charge is -2.19. The molecule has 0 spiro atoms. The molecule has 3 aromatic rings. The Hall–Kier alpha value is -2.65. The highest BCUT2D eigenvalue weighted by atomic mass is 16.5. The minimum atomic E-state index is -0.0233. The number of pyridine rings is 1. The molecule has 24 heavy (non-hydrogen) atoms. The summed E-state index contributed by atoms with van der Waals surface area (Å²) in [7, 11) is 0. The second-order valence-corrected chi connectivity index (χ2v) is 5.71. The van der Waals surface area contributed by atoms with Gasteiger partial charge in [-0.3, -0.25) is 4.98 Å². The number of benzene rings is 2. The molecule has 0 aliphatic carbocycles. The van der Waals surface area contributed by atoms with E-state index in [2.05, 4.69) is 29.2 Å². The molecule has 0 bridgehead atoms. The predicted molar refractivity (Wildman–Crippen MR) is 97.8 cm³/mol. The van der Waals surface area contributed by atoms with Crippen LogP contribution in [0.1, 0.15) is 24.5 Å². The monoisotopic (exact) mass is 318 g/mol. The maximum Gasteiger partial charge on any atom is 0.125 e. The lowest BCUT2D eigenvalue weighted by molar-refractivity contribution is 0.192. The van der Waals surface area contributed by atoms with E-state index >= 15 is 0 Å². The van der Waals surface area contributed by atoms with E-state index in [1.165, 1.54) is 11.1 Å². The van der Waals surface area contributed by atoms with E-state index in [0.29, 0.717) is 6.54 Å². The Morgan fingerprint density at radius 2 is 1.62 bits per heavy atom. The molecule has 122 valence electrons. The van der Waals surface area contributed by atoms with Crippen LogP contribution in [0.5, 0.6) is 5.75 Å². The van der Waals surface area contributed by atoms with Crippen molar-refractivity contribution < 1.29 is 4.74 Å². The molecule has 1 heterocycles. The number of ether oxygens (including phenoxy) is 1. The van der Waals surface area contributed by atoms with Gasteiger partial charge in [-0.25, -0.2) is 0 Å². The van der Waals surface area contributed by atoms with Crippen molar-refractivity contribution in [3.8, 4) is 16.9 Å². The summed E-state index contributed by atoms with van der Waals surface area (Å²) < 4.78 is 6.20. The van der Waals surface area contributed by atoms with Gasteiger partial charge in [-0.15, -0.1) is 0 Å². The second kappa shape index (κ2) is 8.27. The zero-order valence-electron chi connectivity index (χ0n) is 13.6. The lowest BCUT2D eigenvalue weighted by atomic mass is 10.1. The third-order valence-corrected chi connectivity index (χ3v) is 3.97. The zero-order valence-corrected chi connectivity index (χ0v) is 13.6. The van der Waals surface area contributed by atoms with Gasteiger partial charge in [-0.2, -0.15) is 0 Å². The first-order valence-electron chi connectivity index (χ1n) is 8.29. The molecule has 0 saturated heterocycles. The molecule has 0 fully saturated rings. The van der Waals surface area contributed by atoms with E-state index in [9.17, 15) is 0 Å². The van der Waals surface area contributed by atoms with Gasteiger partial charge in [0.2, 0.25) is 0 Å². The summed E-state index contributed by atoms with van der Waals surface area (Å²) in [5, 5.41) is 0. The first-order valence-corrected chi connectivity index (χ1v) is 8.29. The van der Waals surface area contributed by atoms with Crippen LogP contribution in [0.15, 0.2) is 79.1 Å². The molecule has 2 N–H and O–H groups in total. The average molecular weight is 318 g/mol. The summed E-state index contributed by atoms with van der Waals surface area (Å²) in [5.41, 5.74) is 9.13. The van der Waals surface area contributed by atoms with E-state index in [-0.39, 0.29) is 6.10 Å². The molecule has 0 amide bonds. The fourth-order valence-corrected chi connectivity index (χ4v) is 2.68. The van der Waals surface area contributed by atoms with Crippen molar-refractivity contribution in [2.45, 2.75) is 18.9 Å². The van der Waals surface area contributed by atoms with Gasteiger partial charge >= 0.3 is 0 Å². The molecule has 0 aliphatic rings. The Kier molecular flexibility index (Phi) is 5.59. The van der Waals surface area contributed by atoms with E-state index in [0.717, 1.165) is 24.2 Å². The van der Waals surface area contributed by atoms with Crippen LogP contribution in [-0.2, 0) is 0 Å². The van der Waals surface area contributed by atoms with Gasteiger partial charge in [-0.1, -0.05) is 48.5 Å². The lowest BCUT2D eigenvalue weighted by Crippen LogP contribution is -2.10. The summed E-state index contributed by atoms with van der Waals surface area (Å²) >= 11 is 0. The number of aromatic nitrogens is 1. The molecule has 3 rings (SSSR count). The van der Waals surface area contributed by atoms with Crippen molar-refractivity contribution in [3.63, 3.8) is 0 Å². The predicted octanol–water partition coefficient (Wildman–Crippen LogP) is 4.61. The van der Waals surface area contributed by atoms with Crippen LogP contribution >= 0.6 is 0 Å². The molecule has 3 heteroatoms. The number of nitrogens with zero attached hydrogens (tertiary/aromatic N) is 1. The van der Waals surface area contributed by atoms with E-state index < -0.39 is 0 Å². The quantitative estimate of drug-likeness (QED) is 0.692. The summed E-state index contributed by atoms with van der Waals surface area (Å²) in [6, 6.07) is 22.5. The smallest absolute Gasteiger partial charge is 0.125 e. The maximum absolute atomic E-state index is 6.20. The summed E-state index contributed by atoms with van der Waals surface area (Å²) in [6.07, 6.45) is 5.41. The molecule has 1 aromatic heterocycles. The van der Waals surface area contributed by atoms with Crippen molar-refractivity contribution in [1.29, 1.82) is 0 Å². The van der Waals surface area contributed by atoms with Gasteiger partial charge in [0.15, 0.2) is 0 Å². The van der Waals surface area contributed by atoms with Crippen LogP contribution in [0, 0.1) is 0 Å². The summed E-state index contributed by atoms with van der Waals surface area (Å²) in [6.45, 7) is 0.660. The van der Waals surface area contributed by atoms with Gasteiger partial charge in [-0.05, 0) is 48.7 Å². The van der Waals surface area contributed by atoms with Gasteiger partial charge in [0.1, 0.15) is 11.9 Å². The normalized spacial score (nSPS) is 11.9. The molecular formula is C21H22N2O. The van der Waals surface area contributed by atoms with Crippen LogP contribution in [0.25, 0.3) is 11.1 Å². The first kappa shape index (κ1) is 16.2. The van der Waals surface area contributed by atoms with E-state index in [4.69, 9.17) is 10.5 Å². The minimum absolute atomic E-state index is 0.0233. The molecule has 1 unspecified atom stereocenters. The summed E-state index contributed by atoms with van der Waals surface area (Å²) in [5.74, 6) is 0.862. The van der Waals surface area contributed by atoms with Crippen LogP contribution in [0.3, 0.4) is 0 Å². The Balaban J connectivity index is 1.75. The standard InChI is InChI=1S/C21H22N2O/c22-14-4-9-21(19-8-5-15-23-16-19)24-20-12-10-18(11-13-20)17-6-2-1-3-7-17/h1-3,5-8,10-13,15-16,21H,4,9,14,22H2. The van der Waals surface area contributed by atoms with Crippen molar-refractivity contribution in [2.24, 2.45) is 5.73 Å². The van der Waals surface area contributed by atoms with Crippen LogP contribution in [0.4, 0.5) is 0 Å². The second-order valence-electron chi connectivity index (χ2n) is 5.71. The number of nitrogens with two attached hydrogens (primary N) is 1. The SMILES string of the molecule is NCCCC(Oc1ccc(-c2ccccc2)cc1)c1cccnc1. The van der Waals surface area contributed by atoms with Gasteiger partial charge < -0.3 is 10.5 Å². The third-order valence-electron chi connectivity index (χ3n) is 3.97. The van der Waals surface area contributed by atoms with Crippen LogP contribution < -0.4 is 10.5 Å². The summed E-state index contributed by atoms with van der Waals surface area (Å²) in [4.78, 5) is 4.20. The van der Waals surface area contributed by atoms with E-state index in [1.807, 2.05) is 48.7 Å². The molecule has 0 saturated carbocycles. The average Bonchev–Trinajstić information content (AvgIpc) is 2.67. The Bertz CT molecular complexity index is 727. The van der Waals surface area contributed by atoms with Gasteiger partial charge in [0, 0.05) is 18.0 Å². The number of hydrogen-bond acceptors (Lipinski definition) is 3. The maximum atomic E-state index is 6.20. The Morgan fingerprint density at radius 1 is 0.875 bits per heavy atom. The highest BCUT2D eigenvalue weighted by Crippen LogP contribution is 2.27. The Labute approximate surface area is 143 Å². The van der Waals surface area contributed by atoms with Gasteiger partial charge in [0.25, 0.3) is 0 Å². The number of hydrogen-bond donors (Lipinski definition) is 1. The van der Waals surface area contributed by atoms with Gasteiger partial charge in [0.05, 0.1) is 0 Å². The van der Waals surface area contributed by atoms with Crippen molar-refractivity contribution >= 4 is 0 Å². The fourth-order valence-electron chi connectivity index (χ4n) is 2.68. The van der Waals surface area contributed by atoms with E-state index in [1.54, 1.807) is 6.20 Å². The highest BCUT2D eigenvalue weighted by Gasteiger charge is 2.13. The molecular weight excluding hydrogens is 296 g/mol. The topological polar surface area (TPSA) is 48.1 Å². The first-order chi connectivity index (χ1) is 11.9. The molecule has 1 atom stereocenters. The largest absolute Gasteiger partial charge is 0.486 e. The molecule has 2 aromatic carbocycles. The fraction of sp³-hybridized carbons (Fsp3) is 0.190. The molecule has 0 aliphatic heterocycles. The van der Waals surface area contributed by atoms with Crippen molar-refractivity contribution in [2.75, 3.05) is 6.54 Å². The molecule has 0 radical (unpaired) electrons. The van der Waals surface area contributed by atoms with Crippen LogP contribution in [0.2, 0.25) is 0 Å². The third kappa shape index (κ3) is 4.21. The molecule has 3 nitrogen and oxygen atoms in total. The van der Waals surface area contributed by atoms with Crippen molar-refractivity contribution in [3.05, 3.63) is 84.7 Å². The zero-order chi connectivity index (χ0) is 16.6. The highest BCUT2D eigenvalue weighted by molar-refractivity contribution is 5.63. The van der Waals surface area contributed by atoms with Crippen LogP contribution in [-0.4, -0.2) is 11.5 Å².